The van der Waals surface area contributed by atoms with E-state index < -0.39 is 23.0 Å². The topological polar surface area (TPSA) is 112 Å². The molecule has 2 rings (SSSR count). The van der Waals surface area contributed by atoms with E-state index in [1.54, 1.807) is 0 Å². The van der Waals surface area contributed by atoms with E-state index in [0.717, 1.165) is 19.3 Å². The fraction of sp³-hybridized carbons (Fsp3) is 0.500. The van der Waals surface area contributed by atoms with Crippen molar-refractivity contribution in [2.75, 3.05) is 0 Å². The Kier molecular flexibility index (Phi) is 3.64. The highest BCUT2D eigenvalue weighted by Gasteiger charge is 2.41. The molecule has 0 saturated heterocycles. The van der Waals surface area contributed by atoms with Crippen LogP contribution in [0.25, 0.3) is 0 Å². The van der Waals surface area contributed by atoms with Gasteiger partial charge in [0.15, 0.2) is 0 Å². The first-order valence-electron chi connectivity index (χ1n) is 6.15. The van der Waals surface area contributed by atoms with Crippen LogP contribution < -0.4 is 10.9 Å². The van der Waals surface area contributed by atoms with E-state index in [2.05, 4.69) is 15.5 Å². The van der Waals surface area contributed by atoms with E-state index in [-0.39, 0.29) is 5.69 Å². The number of hydrogen-bond donors (Lipinski definition) is 3. The third kappa shape index (κ3) is 2.81. The molecule has 3 N–H and O–H groups in total. The minimum absolute atomic E-state index is 0.00537. The van der Waals surface area contributed by atoms with Crippen molar-refractivity contribution in [3.8, 4) is 0 Å². The molecule has 7 nitrogen and oxygen atoms in total. The molecule has 0 spiro atoms. The summed E-state index contributed by atoms with van der Waals surface area (Å²) in [6.07, 6.45) is 3.34. The van der Waals surface area contributed by atoms with Gasteiger partial charge in [-0.05, 0) is 18.9 Å². The maximum absolute atomic E-state index is 12.0. The maximum Gasteiger partial charge on any atom is 0.329 e. The molecule has 7 heteroatoms. The number of aromatic amines is 1. The second-order valence-electron chi connectivity index (χ2n) is 4.71. The predicted molar refractivity (Wildman–Crippen MR) is 65.8 cm³/mol. The van der Waals surface area contributed by atoms with Crippen LogP contribution in [0, 0.1) is 0 Å². The van der Waals surface area contributed by atoms with E-state index in [1.807, 2.05) is 0 Å². The lowest BCUT2D eigenvalue weighted by Crippen LogP contribution is -2.55. The Bertz CT molecular complexity index is 526. The molecule has 1 fully saturated rings. The molecular formula is C12H15N3O4. The van der Waals surface area contributed by atoms with Crippen molar-refractivity contribution in [2.24, 2.45) is 0 Å². The highest BCUT2D eigenvalue weighted by atomic mass is 16.4. The minimum atomic E-state index is -1.22. The number of aromatic nitrogens is 2. The number of carboxylic acids is 1. The summed E-state index contributed by atoms with van der Waals surface area (Å²) in [7, 11) is 0. The number of H-pyrrole nitrogens is 1. The Morgan fingerprint density at radius 2 is 1.95 bits per heavy atom. The highest BCUT2D eigenvalue weighted by Crippen LogP contribution is 2.28. The van der Waals surface area contributed by atoms with Crippen LogP contribution in [0.4, 0.5) is 0 Å². The molecule has 1 amide bonds. The molecule has 1 saturated carbocycles. The zero-order valence-electron chi connectivity index (χ0n) is 10.3. The van der Waals surface area contributed by atoms with Crippen LogP contribution in [0.3, 0.4) is 0 Å². The fourth-order valence-corrected chi connectivity index (χ4v) is 2.30. The van der Waals surface area contributed by atoms with Crippen molar-refractivity contribution in [2.45, 2.75) is 37.6 Å². The molecule has 1 aliphatic carbocycles. The van der Waals surface area contributed by atoms with Crippen LogP contribution >= 0.6 is 0 Å². The van der Waals surface area contributed by atoms with Gasteiger partial charge in [0, 0.05) is 6.07 Å². The molecule has 1 heterocycles. The number of nitrogens with zero attached hydrogens (tertiary/aromatic N) is 1. The molecular weight excluding hydrogens is 250 g/mol. The average molecular weight is 265 g/mol. The van der Waals surface area contributed by atoms with Gasteiger partial charge in [0.2, 0.25) is 0 Å². The predicted octanol–water partition coefficient (Wildman–Crippen LogP) is 0.287. The molecule has 102 valence electrons. The van der Waals surface area contributed by atoms with Gasteiger partial charge in [-0.15, -0.1) is 0 Å². The Morgan fingerprint density at radius 3 is 2.47 bits per heavy atom. The van der Waals surface area contributed by atoms with Gasteiger partial charge in [0.1, 0.15) is 11.2 Å². The number of carbonyl (C=O) groups is 2. The van der Waals surface area contributed by atoms with Gasteiger partial charge < -0.3 is 10.4 Å². The number of aliphatic carboxylic acids is 1. The fourth-order valence-electron chi connectivity index (χ4n) is 2.30. The summed E-state index contributed by atoms with van der Waals surface area (Å²) in [6.45, 7) is 0. The standard InChI is InChI=1S/C12H15N3O4/c16-9-5-4-8(14-15-9)10(17)13-12(11(18)19)6-2-1-3-7-12/h4-5H,1-3,6-7H2,(H,13,17)(H,15,16)(H,18,19). The number of carbonyl (C=O) groups excluding carboxylic acids is 1. The van der Waals surface area contributed by atoms with E-state index >= 15 is 0 Å². The van der Waals surface area contributed by atoms with Crippen LogP contribution in [-0.2, 0) is 4.79 Å². The first-order valence-corrected chi connectivity index (χ1v) is 6.15. The van der Waals surface area contributed by atoms with Gasteiger partial charge in [-0.1, -0.05) is 19.3 Å². The Labute approximate surface area is 109 Å². The molecule has 0 aliphatic heterocycles. The zero-order chi connectivity index (χ0) is 13.9. The summed E-state index contributed by atoms with van der Waals surface area (Å²) in [5.41, 5.74) is -1.62. The van der Waals surface area contributed by atoms with Crippen molar-refractivity contribution in [1.82, 2.24) is 15.5 Å². The SMILES string of the molecule is O=C(NC1(C(=O)O)CCCCC1)c1ccc(=O)[nH]n1. The molecule has 0 atom stereocenters. The van der Waals surface area contributed by atoms with Gasteiger partial charge in [0.05, 0.1) is 0 Å². The minimum Gasteiger partial charge on any atom is -0.480 e. The smallest absolute Gasteiger partial charge is 0.329 e. The van der Waals surface area contributed by atoms with Gasteiger partial charge in [-0.2, -0.15) is 5.10 Å². The second kappa shape index (κ2) is 5.21. The molecule has 0 radical (unpaired) electrons. The number of hydrogen-bond acceptors (Lipinski definition) is 4. The summed E-state index contributed by atoms with van der Waals surface area (Å²) in [5, 5.41) is 17.6. The molecule has 0 aromatic carbocycles. The molecule has 1 aromatic heterocycles. The largest absolute Gasteiger partial charge is 0.480 e. The highest BCUT2D eigenvalue weighted by molar-refractivity contribution is 5.96. The van der Waals surface area contributed by atoms with Crippen molar-refractivity contribution in [1.29, 1.82) is 0 Å². The van der Waals surface area contributed by atoms with Crippen LogP contribution in [-0.4, -0.2) is 32.7 Å². The van der Waals surface area contributed by atoms with Crippen molar-refractivity contribution in [3.63, 3.8) is 0 Å². The molecule has 1 aliphatic rings. The Hall–Kier alpha value is -2.18. The number of amides is 1. The third-order valence-electron chi connectivity index (χ3n) is 3.38. The van der Waals surface area contributed by atoms with Gasteiger partial charge >= 0.3 is 5.97 Å². The van der Waals surface area contributed by atoms with E-state index in [4.69, 9.17) is 0 Å². The quantitative estimate of drug-likeness (QED) is 0.727. The average Bonchev–Trinajstić information content (AvgIpc) is 2.40. The summed E-state index contributed by atoms with van der Waals surface area (Å²) in [6, 6.07) is 2.45. The van der Waals surface area contributed by atoms with Crippen LogP contribution in [0.15, 0.2) is 16.9 Å². The third-order valence-corrected chi connectivity index (χ3v) is 3.38. The number of rotatable bonds is 3. The lowest BCUT2D eigenvalue weighted by molar-refractivity contribution is -0.145. The van der Waals surface area contributed by atoms with Crippen LogP contribution in [0.2, 0.25) is 0 Å². The van der Waals surface area contributed by atoms with E-state index in [1.165, 1.54) is 12.1 Å². The van der Waals surface area contributed by atoms with E-state index in [9.17, 15) is 19.5 Å². The lowest BCUT2D eigenvalue weighted by Gasteiger charge is -2.33. The second-order valence-corrected chi connectivity index (χ2v) is 4.71. The Morgan fingerprint density at radius 1 is 1.26 bits per heavy atom. The van der Waals surface area contributed by atoms with Crippen LogP contribution in [0.5, 0.6) is 0 Å². The molecule has 1 aromatic rings. The van der Waals surface area contributed by atoms with E-state index in [0.29, 0.717) is 12.8 Å². The van der Waals surface area contributed by atoms with Crippen molar-refractivity contribution >= 4 is 11.9 Å². The molecule has 19 heavy (non-hydrogen) atoms. The summed E-state index contributed by atoms with van der Waals surface area (Å²) in [4.78, 5) is 34.2. The van der Waals surface area contributed by atoms with Crippen molar-refractivity contribution < 1.29 is 14.7 Å². The number of carboxylic acid groups (broad SMARTS) is 1. The Balaban J connectivity index is 2.17. The van der Waals surface area contributed by atoms with Gasteiger partial charge in [-0.3, -0.25) is 9.59 Å². The summed E-state index contributed by atoms with van der Waals surface area (Å²) < 4.78 is 0. The first-order chi connectivity index (χ1) is 9.03. The molecule has 0 unspecified atom stereocenters. The van der Waals surface area contributed by atoms with Crippen LogP contribution in [0.1, 0.15) is 42.6 Å². The lowest BCUT2D eigenvalue weighted by atomic mass is 9.81. The zero-order valence-corrected chi connectivity index (χ0v) is 10.3. The normalized spacial score (nSPS) is 17.7. The monoisotopic (exact) mass is 265 g/mol. The molecule has 0 bridgehead atoms. The van der Waals surface area contributed by atoms with Gasteiger partial charge in [0.25, 0.3) is 11.5 Å². The number of nitrogens with one attached hydrogen (secondary N) is 2. The maximum atomic E-state index is 12.0. The first kappa shape index (κ1) is 13.3. The summed E-state index contributed by atoms with van der Waals surface area (Å²) >= 11 is 0. The van der Waals surface area contributed by atoms with Gasteiger partial charge in [-0.25, -0.2) is 9.89 Å². The van der Waals surface area contributed by atoms with Crippen molar-refractivity contribution in [3.05, 3.63) is 28.2 Å². The summed E-state index contributed by atoms with van der Waals surface area (Å²) in [5.74, 6) is -1.61.